The Balaban J connectivity index is 1.50. The van der Waals surface area contributed by atoms with Crippen molar-refractivity contribution in [3.8, 4) is 11.5 Å². The summed E-state index contributed by atoms with van der Waals surface area (Å²) in [5.74, 6) is 0.715. The summed E-state index contributed by atoms with van der Waals surface area (Å²) in [6.07, 6.45) is 4.30. The number of aromatic nitrogens is 1. The quantitative estimate of drug-likeness (QED) is 0.672. The minimum absolute atomic E-state index is 0.537. The first-order valence-electron chi connectivity index (χ1n) is 8.08. The highest BCUT2D eigenvalue weighted by atomic mass is 32.1. The van der Waals surface area contributed by atoms with Crippen molar-refractivity contribution in [3.05, 3.63) is 64.2 Å². The molecule has 3 nitrogen and oxygen atoms in total. The van der Waals surface area contributed by atoms with Gasteiger partial charge in [0.1, 0.15) is 6.26 Å². The van der Waals surface area contributed by atoms with Crippen LogP contribution < -0.4 is 0 Å². The number of nitrogens with zero attached hydrogens (tertiary/aromatic N) is 2. The second kappa shape index (κ2) is 6.30. The van der Waals surface area contributed by atoms with Crippen molar-refractivity contribution in [2.75, 3.05) is 6.54 Å². The van der Waals surface area contributed by atoms with Gasteiger partial charge in [0.25, 0.3) is 0 Å². The zero-order valence-corrected chi connectivity index (χ0v) is 14.1. The van der Waals surface area contributed by atoms with E-state index < -0.39 is 0 Å². The van der Waals surface area contributed by atoms with Crippen LogP contribution in [0.1, 0.15) is 35.0 Å². The number of oxazole rings is 1. The van der Waals surface area contributed by atoms with Crippen LogP contribution in [0.15, 0.2) is 52.5 Å². The molecule has 1 fully saturated rings. The molecule has 3 aromatic rings. The second-order valence-corrected chi connectivity index (χ2v) is 7.13. The van der Waals surface area contributed by atoms with Gasteiger partial charge >= 0.3 is 0 Å². The van der Waals surface area contributed by atoms with Gasteiger partial charge < -0.3 is 4.42 Å². The van der Waals surface area contributed by atoms with Gasteiger partial charge in [0, 0.05) is 23.0 Å². The summed E-state index contributed by atoms with van der Waals surface area (Å²) in [7, 11) is 0. The third kappa shape index (κ3) is 3.09. The van der Waals surface area contributed by atoms with E-state index in [9.17, 15) is 0 Å². The summed E-state index contributed by atoms with van der Waals surface area (Å²) < 4.78 is 5.69. The van der Waals surface area contributed by atoms with E-state index in [0.29, 0.717) is 11.9 Å². The van der Waals surface area contributed by atoms with E-state index in [1.165, 1.54) is 23.3 Å². The molecular weight excluding hydrogens is 304 g/mol. The van der Waals surface area contributed by atoms with Crippen molar-refractivity contribution in [2.24, 2.45) is 0 Å². The SMILES string of the molecule is Cc1ccc(-c2nc(CN3CCC[C@@H]3c3cccs3)co2)cc1. The fraction of sp³-hybridized carbons (Fsp3) is 0.316. The van der Waals surface area contributed by atoms with E-state index in [1.54, 1.807) is 6.26 Å². The van der Waals surface area contributed by atoms with Crippen LogP contribution in [0, 0.1) is 6.92 Å². The van der Waals surface area contributed by atoms with Crippen LogP contribution in [0.5, 0.6) is 0 Å². The monoisotopic (exact) mass is 324 g/mol. The zero-order chi connectivity index (χ0) is 15.6. The Bertz CT molecular complexity index is 761. The summed E-state index contributed by atoms with van der Waals surface area (Å²) >= 11 is 1.85. The number of likely N-dealkylation sites (tertiary alicyclic amines) is 1. The Morgan fingerprint density at radius 2 is 2.13 bits per heavy atom. The molecule has 0 amide bonds. The highest BCUT2D eigenvalue weighted by Gasteiger charge is 2.27. The van der Waals surface area contributed by atoms with E-state index in [4.69, 9.17) is 4.42 Å². The van der Waals surface area contributed by atoms with Crippen LogP contribution in [0.25, 0.3) is 11.5 Å². The average Bonchev–Trinajstić information content (AvgIpc) is 3.29. The topological polar surface area (TPSA) is 29.3 Å². The Morgan fingerprint density at radius 1 is 1.26 bits per heavy atom. The van der Waals surface area contributed by atoms with Crippen molar-refractivity contribution in [1.82, 2.24) is 9.88 Å². The Morgan fingerprint density at radius 3 is 2.91 bits per heavy atom. The first kappa shape index (κ1) is 14.7. The van der Waals surface area contributed by atoms with Gasteiger partial charge in [0.15, 0.2) is 0 Å². The highest BCUT2D eigenvalue weighted by molar-refractivity contribution is 7.10. The van der Waals surface area contributed by atoms with E-state index in [1.807, 2.05) is 11.3 Å². The fourth-order valence-electron chi connectivity index (χ4n) is 3.23. The van der Waals surface area contributed by atoms with Gasteiger partial charge in [-0.1, -0.05) is 23.8 Å². The number of rotatable bonds is 4. The summed E-state index contributed by atoms with van der Waals surface area (Å²) in [5, 5.41) is 2.16. The molecule has 1 aliphatic heterocycles. The first-order valence-corrected chi connectivity index (χ1v) is 8.96. The molecule has 3 heterocycles. The minimum atomic E-state index is 0.537. The van der Waals surface area contributed by atoms with Gasteiger partial charge in [0.05, 0.1) is 5.69 Å². The van der Waals surface area contributed by atoms with Gasteiger partial charge in [-0.15, -0.1) is 11.3 Å². The molecule has 0 N–H and O–H groups in total. The molecule has 1 saturated heterocycles. The van der Waals surface area contributed by atoms with Crippen LogP contribution in [0.3, 0.4) is 0 Å². The minimum Gasteiger partial charge on any atom is -0.444 e. The summed E-state index contributed by atoms with van der Waals surface area (Å²) in [6.45, 7) is 4.08. The maximum atomic E-state index is 5.69. The molecule has 1 atom stereocenters. The number of hydrogen-bond donors (Lipinski definition) is 0. The molecule has 1 aliphatic rings. The maximum absolute atomic E-state index is 5.69. The summed E-state index contributed by atoms with van der Waals surface area (Å²) in [4.78, 5) is 8.66. The van der Waals surface area contributed by atoms with Crippen LogP contribution >= 0.6 is 11.3 Å². The Kier molecular flexibility index (Phi) is 4.02. The normalized spacial score (nSPS) is 18.6. The van der Waals surface area contributed by atoms with Crippen LogP contribution in [-0.4, -0.2) is 16.4 Å². The van der Waals surface area contributed by atoms with Gasteiger partial charge in [-0.2, -0.15) is 0 Å². The molecule has 118 valence electrons. The van der Waals surface area contributed by atoms with Crippen molar-refractivity contribution in [1.29, 1.82) is 0 Å². The molecule has 23 heavy (non-hydrogen) atoms. The molecule has 0 unspecified atom stereocenters. The largest absolute Gasteiger partial charge is 0.444 e. The Hall–Kier alpha value is -1.91. The second-order valence-electron chi connectivity index (χ2n) is 6.15. The maximum Gasteiger partial charge on any atom is 0.226 e. The molecular formula is C19H20N2OS. The van der Waals surface area contributed by atoms with Crippen LogP contribution in [0.4, 0.5) is 0 Å². The molecule has 0 bridgehead atoms. The molecule has 0 spiro atoms. The van der Waals surface area contributed by atoms with Crippen molar-refractivity contribution in [3.63, 3.8) is 0 Å². The third-order valence-corrected chi connectivity index (χ3v) is 5.42. The van der Waals surface area contributed by atoms with Gasteiger partial charge in [-0.25, -0.2) is 4.98 Å². The third-order valence-electron chi connectivity index (χ3n) is 4.45. The number of hydrogen-bond acceptors (Lipinski definition) is 4. The predicted octanol–water partition coefficient (Wildman–Crippen LogP) is 5.05. The van der Waals surface area contributed by atoms with Crippen LogP contribution in [0.2, 0.25) is 0 Å². The van der Waals surface area contributed by atoms with Crippen molar-refractivity contribution >= 4 is 11.3 Å². The van der Waals surface area contributed by atoms with Gasteiger partial charge in [-0.3, -0.25) is 4.90 Å². The van der Waals surface area contributed by atoms with Gasteiger partial charge in [-0.05, 0) is 49.9 Å². The van der Waals surface area contributed by atoms with Gasteiger partial charge in [0.2, 0.25) is 5.89 Å². The molecule has 4 rings (SSSR count). The smallest absolute Gasteiger partial charge is 0.226 e. The molecule has 0 saturated carbocycles. The molecule has 1 aromatic carbocycles. The standard InChI is InChI=1S/C19H20N2OS/c1-14-6-8-15(9-7-14)19-20-16(13-22-19)12-21-10-2-4-17(21)18-5-3-11-23-18/h3,5-9,11,13,17H,2,4,10,12H2,1H3/t17-/m1/s1. The highest BCUT2D eigenvalue weighted by Crippen LogP contribution is 2.35. The lowest BCUT2D eigenvalue weighted by Crippen LogP contribution is -2.22. The van der Waals surface area contributed by atoms with E-state index >= 15 is 0 Å². The molecule has 2 aromatic heterocycles. The van der Waals surface area contributed by atoms with E-state index in [0.717, 1.165) is 24.3 Å². The fourth-order valence-corrected chi connectivity index (χ4v) is 4.13. The average molecular weight is 324 g/mol. The van der Waals surface area contributed by atoms with Crippen molar-refractivity contribution < 1.29 is 4.42 Å². The summed E-state index contributed by atoms with van der Waals surface area (Å²) in [5.41, 5.74) is 3.30. The lowest BCUT2D eigenvalue weighted by atomic mass is 10.1. The van der Waals surface area contributed by atoms with E-state index in [2.05, 4.69) is 58.6 Å². The molecule has 4 heteroatoms. The number of thiophene rings is 1. The van der Waals surface area contributed by atoms with Crippen LogP contribution in [-0.2, 0) is 6.54 Å². The Labute approximate surface area is 140 Å². The lowest BCUT2D eigenvalue weighted by Gasteiger charge is -2.22. The van der Waals surface area contributed by atoms with Crippen molar-refractivity contribution in [2.45, 2.75) is 32.4 Å². The lowest BCUT2D eigenvalue weighted by molar-refractivity contribution is 0.248. The molecule has 0 aliphatic carbocycles. The summed E-state index contributed by atoms with van der Waals surface area (Å²) in [6, 6.07) is 13.2. The predicted molar refractivity (Wildman–Crippen MR) is 93.4 cm³/mol. The number of benzene rings is 1. The first-order chi connectivity index (χ1) is 11.3. The van der Waals surface area contributed by atoms with E-state index in [-0.39, 0.29) is 0 Å². The zero-order valence-electron chi connectivity index (χ0n) is 13.2. The molecule has 0 radical (unpaired) electrons. The number of aryl methyl sites for hydroxylation is 1.